The Bertz CT molecular complexity index is 682. The van der Waals surface area contributed by atoms with E-state index in [0.29, 0.717) is 0 Å². The zero-order valence-corrected chi connectivity index (χ0v) is 12.8. The van der Waals surface area contributed by atoms with Gasteiger partial charge >= 0.3 is 0 Å². The van der Waals surface area contributed by atoms with Gasteiger partial charge in [0.05, 0.1) is 6.04 Å². The van der Waals surface area contributed by atoms with Crippen LogP contribution in [0, 0.1) is 5.41 Å². The summed E-state index contributed by atoms with van der Waals surface area (Å²) in [6, 6.07) is 16.9. The van der Waals surface area contributed by atoms with Crippen LogP contribution in [0.2, 0.25) is 0 Å². The van der Waals surface area contributed by atoms with E-state index in [-0.39, 0.29) is 17.4 Å². The van der Waals surface area contributed by atoms with Gasteiger partial charge in [-0.2, -0.15) is 0 Å². The number of hydrogen-bond acceptors (Lipinski definition) is 1. The van der Waals surface area contributed by atoms with E-state index in [4.69, 9.17) is 0 Å². The average molecular weight is 279 g/mol. The van der Waals surface area contributed by atoms with Crippen LogP contribution < -0.4 is 5.32 Å². The van der Waals surface area contributed by atoms with E-state index in [1.165, 1.54) is 22.3 Å². The first kappa shape index (κ1) is 13.9. The number of fused-ring (bicyclic) bond motifs is 3. The zero-order valence-electron chi connectivity index (χ0n) is 12.8. The molecule has 108 valence electrons. The van der Waals surface area contributed by atoms with Crippen LogP contribution in [0.4, 0.5) is 0 Å². The summed E-state index contributed by atoms with van der Waals surface area (Å²) in [5.41, 5.74) is 4.67. The van der Waals surface area contributed by atoms with Crippen LogP contribution in [0.15, 0.2) is 48.5 Å². The SMILES string of the molecule is CC(C)(C)C(=O)NC1Cc2ccccc2-c2ccccc21. The summed E-state index contributed by atoms with van der Waals surface area (Å²) in [6.07, 6.45) is 0.856. The highest BCUT2D eigenvalue weighted by molar-refractivity contribution is 5.83. The molecule has 2 heteroatoms. The second-order valence-electron chi connectivity index (χ2n) is 6.72. The normalized spacial score (nSPS) is 16.8. The summed E-state index contributed by atoms with van der Waals surface area (Å²) in [4.78, 5) is 12.3. The van der Waals surface area contributed by atoms with E-state index in [1.807, 2.05) is 26.8 Å². The molecule has 1 amide bonds. The molecule has 21 heavy (non-hydrogen) atoms. The summed E-state index contributed by atoms with van der Waals surface area (Å²) in [7, 11) is 0. The summed E-state index contributed by atoms with van der Waals surface area (Å²) in [5.74, 6) is 0.0988. The Morgan fingerprint density at radius 1 is 1.00 bits per heavy atom. The van der Waals surface area contributed by atoms with Crippen molar-refractivity contribution in [1.82, 2.24) is 5.32 Å². The van der Waals surface area contributed by atoms with Gasteiger partial charge in [-0.3, -0.25) is 4.79 Å². The quantitative estimate of drug-likeness (QED) is 0.836. The lowest BCUT2D eigenvalue weighted by Crippen LogP contribution is -2.39. The van der Waals surface area contributed by atoms with E-state index in [9.17, 15) is 4.79 Å². The predicted molar refractivity (Wildman–Crippen MR) is 85.9 cm³/mol. The van der Waals surface area contributed by atoms with Gasteiger partial charge in [0, 0.05) is 5.41 Å². The minimum atomic E-state index is -0.369. The van der Waals surface area contributed by atoms with E-state index in [0.717, 1.165) is 6.42 Å². The molecule has 1 aliphatic carbocycles. The highest BCUT2D eigenvalue weighted by Crippen LogP contribution is 2.38. The van der Waals surface area contributed by atoms with Crippen LogP contribution in [0.1, 0.15) is 37.9 Å². The molecule has 1 N–H and O–H groups in total. The molecule has 0 heterocycles. The van der Waals surface area contributed by atoms with Gasteiger partial charge in [-0.05, 0) is 28.7 Å². The summed E-state index contributed by atoms with van der Waals surface area (Å²) < 4.78 is 0. The average Bonchev–Trinajstić information content (AvgIpc) is 2.46. The molecule has 0 spiro atoms. The topological polar surface area (TPSA) is 29.1 Å². The second-order valence-corrected chi connectivity index (χ2v) is 6.72. The Hall–Kier alpha value is -2.09. The molecule has 3 rings (SSSR count). The van der Waals surface area contributed by atoms with E-state index >= 15 is 0 Å². The van der Waals surface area contributed by atoms with Crippen molar-refractivity contribution in [3.63, 3.8) is 0 Å². The molecule has 0 bridgehead atoms. The summed E-state index contributed by atoms with van der Waals surface area (Å²) in [5, 5.41) is 3.22. The number of carbonyl (C=O) groups is 1. The fourth-order valence-electron chi connectivity index (χ4n) is 2.84. The van der Waals surface area contributed by atoms with Gasteiger partial charge in [0.15, 0.2) is 0 Å². The molecular formula is C19H21NO. The Kier molecular flexibility index (Phi) is 3.32. The minimum absolute atomic E-state index is 0.0582. The van der Waals surface area contributed by atoms with E-state index in [1.54, 1.807) is 0 Å². The number of nitrogens with one attached hydrogen (secondary N) is 1. The van der Waals surface area contributed by atoms with Crippen molar-refractivity contribution >= 4 is 5.91 Å². The minimum Gasteiger partial charge on any atom is -0.348 e. The van der Waals surface area contributed by atoms with Crippen molar-refractivity contribution in [3.8, 4) is 11.1 Å². The van der Waals surface area contributed by atoms with Gasteiger partial charge in [-0.25, -0.2) is 0 Å². The standard InChI is InChI=1S/C19H21NO/c1-19(2,3)18(21)20-17-12-13-8-4-5-9-14(13)15-10-6-7-11-16(15)17/h4-11,17H,12H2,1-3H3,(H,20,21). The van der Waals surface area contributed by atoms with Crippen molar-refractivity contribution in [1.29, 1.82) is 0 Å². The van der Waals surface area contributed by atoms with Gasteiger partial charge in [0.1, 0.15) is 0 Å². The molecule has 1 aliphatic rings. The van der Waals surface area contributed by atoms with Crippen molar-refractivity contribution in [3.05, 3.63) is 59.7 Å². The van der Waals surface area contributed by atoms with Crippen LogP contribution >= 0.6 is 0 Å². The maximum Gasteiger partial charge on any atom is 0.225 e. The van der Waals surface area contributed by atoms with Crippen LogP contribution in [-0.2, 0) is 11.2 Å². The lowest BCUT2D eigenvalue weighted by molar-refractivity contribution is -0.129. The van der Waals surface area contributed by atoms with Gasteiger partial charge < -0.3 is 5.32 Å². The Morgan fingerprint density at radius 2 is 1.62 bits per heavy atom. The third-order valence-electron chi connectivity index (χ3n) is 4.05. The summed E-state index contributed by atoms with van der Waals surface area (Å²) >= 11 is 0. The van der Waals surface area contributed by atoms with Crippen molar-refractivity contribution in [2.75, 3.05) is 0 Å². The number of hydrogen-bond donors (Lipinski definition) is 1. The molecule has 0 saturated carbocycles. The molecule has 2 aromatic carbocycles. The number of benzene rings is 2. The molecule has 1 atom stereocenters. The first-order chi connectivity index (χ1) is 9.97. The first-order valence-electron chi connectivity index (χ1n) is 7.45. The van der Waals surface area contributed by atoms with Crippen molar-refractivity contribution in [2.45, 2.75) is 33.2 Å². The smallest absolute Gasteiger partial charge is 0.225 e. The van der Waals surface area contributed by atoms with Gasteiger partial charge in [0.25, 0.3) is 0 Å². The molecule has 2 aromatic rings. The van der Waals surface area contributed by atoms with Crippen LogP contribution in [0.3, 0.4) is 0 Å². The van der Waals surface area contributed by atoms with Gasteiger partial charge in [-0.1, -0.05) is 69.3 Å². The monoisotopic (exact) mass is 279 g/mol. The highest BCUT2D eigenvalue weighted by Gasteiger charge is 2.29. The molecule has 0 fully saturated rings. The molecular weight excluding hydrogens is 258 g/mol. The van der Waals surface area contributed by atoms with E-state index < -0.39 is 0 Å². The second kappa shape index (κ2) is 5.03. The number of carbonyl (C=O) groups excluding carboxylic acids is 1. The maximum atomic E-state index is 12.3. The highest BCUT2D eigenvalue weighted by atomic mass is 16.2. The van der Waals surface area contributed by atoms with Crippen molar-refractivity contribution in [2.24, 2.45) is 5.41 Å². The van der Waals surface area contributed by atoms with Crippen LogP contribution in [0.5, 0.6) is 0 Å². The zero-order chi connectivity index (χ0) is 15.0. The molecule has 0 aliphatic heterocycles. The Balaban J connectivity index is 2.01. The van der Waals surface area contributed by atoms with Gasteiger partial charge in [0.2, 0.25) is 5.91 Å². The number of rotatable bonds is 1. The largest absolute Gasteiger partial charge is 0.348 e. The molecule has 1 unspecified atom stereocenters. The third kappa shape index (κ3) is 2.58. The van der Waals surface area contributed by atoms with Crippen molar-refractivity contribution < 1.29 is 4.79 Å². The molecule has 0 aromatic heterocycles. The van der Waals surface area contributed by atoms with Crippen LogP contribution in [-0.4, -0.2) is 5.91 Å². The number of amides is 1. The summed E-state index contributed by atoms with van der Waals surface area (Å²) in [6.45, 7) is 5.85. The van der Waals surface area contributed by atoms with E-state index in [2.05, 4.69) is 47.8 Å². The fourth-order valence-corrected chi connectivity index (χ4v) is 2.84. The molecule has 0 radical (unpaired) electrons. The molecule has 2 nitrogen and oxygen atoms in total. The Labute approximate surface area is 126 Å². The van der Waals surface area contributed by atoms with Gasteiger partial charge in [-0.15, -0.1) is 0 Å². The first-order valence-corrected chi connectivity index (χ1v) is 7.45. The lowest BCUT2D eigenvalue weighted by Gasteiger charge is -2.30. The van der Waals surface area contributed by atoms with Crippen LogP contribution in [0.25, 0.3) is 11.1 Å². The third-order valence-corrected chi connectivity index (χ3v) is 4.05. The fraction of sp³-hybridized carbons (Fsp3) is 0.316. The maximum absolute atomic E-state index is 12.3. The predicted octanol–water partition coefficient (Wildman–Crippen LogP) is 4.11. The lowest BCUT2D eigenvalue weighted by atomic mass is 9.82. The Morgan fingerprint density at radius 3 is 2.33 bits per heavy atom. The molecule has 0 saturated heterocycles.